The molecule has 0 saturated carbocycles. The van der Waals surface area contributed by atoms with E-state index in [4.69, 9.17) is 0 Å². The summed E-state index contributed by atoms with van der Waals surface area (Å²) >= 11 is 2.64. The van der Waals surface area contributed by atoms with E-state index in [0.717, 1.165) is 10.2 Å². The maximum atomic E-state index is 11.4. The number of anilines is 4. The van der Waals surface area contributed by atoms with Crippen molar-refractivity contribution in [3.63, 3.8) is 0 Å². The van der Waals surface area contributed by atoms with Gasteiger partial charge < -0.3 is 10.6 Å². The molecule has 0 radical (unpaired) electrons. The van der Waals surface area contributed by atoms with Crippen molar-refractivity contribution in [3.8, 4) is 0 Å². The largest absolute Gasteiger partial charge is 0.318 e. The molecule has 2 aromatic heterocycles. The third-order valence-electron chi connectivity index (χ3n) is 4.76. The van der Waals surface area contributed by atoms with Crippen LogP contribution in [0, 0.1) is 20.2 Å². The summed E-state index contributed by atoms with van der Waals surface area (Å²) in [5.41, 5.74) is 0.871. The zero-order valence-electron chi connectivity index (χ0n) is 18.1. The third-order valence-corrected chi connectivity index (χ3v) is 6.72. The van der Waals surface area contributed by atoms with E-state index in [1.54, 1.807) is 24.3 Å². The molecule has 5 aromatic rings. The minimum Gasteiger partial charge on any atom is -0.318 e. The standard InChI is InChI=1S/C22H14N8O4S2/c31-29(32)16-10-4-1-7-13(16)23-19-26-20(24-14-8-2-5-11-17(14)30(33)34)28-21(27-19)36-22-25-15-9-3-6-12-18(15)35-22/h1-12H,(H2,23,24,26,27,28). The average Bonchev–Trinajstić information content (AvgIpc) is 3.26. The first-order chi connectivity index (χ1) is 17.5. The first-order valence-electron chi connectivity index (χ1n) is 10.3. The molecule has 0 amide bonds. The number of fused-ring (bicyclic) bond motifs is 1. The molecule has 0 unspecified atom stereocenters. The van der Waals surface area contributed by atoms with Crippen molar-refractivity contribution < 1.29 is 9.85 Å². The number of para-hydroxylation sites is 5. The van der Waals surface area contributed by atoms with Gasteiger partial charge in [0.25, 0.3) is 11.4 Å². The summed E-state index contributed by atoms with van der Waals surface area (Å²) in [6.45, 7) is 0. The highest BCUT2D eigenvalue weighted by atomic mass is 32.2. The molecule has 0 atom stereocenters. The predicted octanol–water partition coefficient (Wildman–Crippen LogP) is 5.94. The van der Waals surface area contributed by atoms with Gasteiger partial charge in [-0.05, 0) is 36.0 Å². The summed E-state index contributed by atoms with van der Waals surface area (Å²) in [4.78, 5) is 39.5. The van der Waals surface area contributed by atoms with Gasteiger partial charge >= 0.3 is 0 Å². The van der Waals surface area contributed by atoms with E-state index >= 15 is 0 Å². The number of nitro benzene ring substituents is 2. The summed E-state index contributed by atoms with van der Waals surface area (Å²) < 4.78 is 1.67. The second kappa shape index (κ2) is 9.89. The Balaban J connectivity index is 1.54. The zero-order chi connectivity index (χ0) is 25.1. The van der Waals surface area contributed by atoms with E-state index in [-0.39, 0.29) is 39.8 Å². The van der Waals surface area contributed by atoms with Gasteiger partial charge in [-0.2, -0.15) is 15.0 Å². The molecule has 2 N–H and O–H groups in total. The number of aromatic nitrogens is 4. The van der Waals surface area contributed by atoms with Gasteiger partial charge in [0.2, 0.25) is 17.1 Å². The van der Waals surface area contributed by atoms with Crippen LogP contribution < -0.4 is 10.6 Å². The number of nitrogens with zero attached hydrogens (tertiary/aromatic N) is 6. The molecule has 0 spiro atoms. The molecule has 0 fully saturated rings. The summed E-state index contributed by atoms with van der Waals surface area (Å²) in [5, 5.41) is 28.8. The van der Waals surface area contributed by atoms with Crippen LogP contribution in [-0.2, 0) is 0 Å². The lowest BCUT2D eigenvalue weighted by Crippen LogP contribution is -2.07. The highest BCUT2D eigenvalue weighted by Gasteiger charge is 2.18. The Bertz CT molecular complexity index is 1500. The lowest BCUT2D eigenvalue weighted by atomic mass is 10.3. The van der Waals surface area contributed by atoms with E-state index in [0.29, 0.717) is 4.34 Å². The van der Waals surface area contributed by atoms with Crippen LogP contribution in [0.15, 0.2) is 82.3 Å². The van der Waals surface area contributed by atoms with Crippen molar-refractivity contribution in [3.05, 3.63) is 93.0 Å². The van der Waals surface area contributed by atoms with Gasteiger partial charge in [-0.1, -0.05) is 36.4 Å². The third kappa shape index (κ3) is 5.03. The Morgan fingerprint density at radius 2 is 1.22 bits per heavy atom. The van der Waals surface area contributed by atoms with Crippen LogP contribution in [0.5, 0.6) is 0 Å². The van der Waals surface area contributed by atoms with Crippen LogP contribution >= 0.6 is 23.1 Å². The van der Waals surface area contributed by atoms with E-state index in [1.165, 1.54) is 47.4 Å². The van der Waals surface area contributed by atoms with Crippen LogP contribution in [0.25, 0.3) is 10.2 Å². The number of rotatable bonds is 8. The van der Waals surface area contributed by atoms with E-state index in [2.05, 4.69) is 30.6 Å². The fraction of sp³-hybridized carbons (Fsp3) is 0. The average molecular weight is 519 g/mol. The summed E-state index contributed by atoms with van der Waals surface area (Å²) in [7, 11) is 0. The Morgan fingerprint density at radius 1 is 0.694 bits per heavy atom. The van der Waals surface area contributed by atoms with Gasteiger partial charge in [0, 0.05) is 12.1 Å². The number of hydrogen-bond acceptors (Lipinski definition) is 12. The molecule has 0 aliphatic rings. The van der Waals surface area contributed by atoms with Crippen molar-refractivity contribution in [1.29, 1.82) is 0 Å². The molecule has 14 heteroatoms. The number of thiazole rings is 1. The second-order valence-corrected chi connectivity index (χ2v) is 9.36. The van der Waals surface area contributed by atoms with Crippen molar-refractivity contribution in [2.75, 3.05) is 10.6 Å². The number of nitro groups is 2. The number of benzene rings is 3. The molecule has 3 aromatic carbocycles. The molecule has 36 heavy (non-hydrogen) atoms. The number of nitrogens with one attached hydrogen (secondary N) is 2. The highest BCUT2D eigenvalue weighted by molar-refractivity contribution is 8.01. The van der Waals surface area contributed by atoms with Gasteiger partial charge in [-0.25, -0.2) is 4.98 Å². The summed E-state index contributed by atoms with van der Waals surface area (Å²) in [6.07, 6.45) is 0. The van der Waals surface area contributed by atoms with E-state index in [1.807, 2.05) is 24.3 Å². The van der Waals surface area contributed by atoms with Crippen LogP contribution in [-0.4, -0.2) is 29.8 Å². The lowest BCUT2D eigenvalue weighted by molar-refractivity contribution is -0.384. The zero-order valence-corrected chi connectivity index (χ0v) is 19.7. The Labute approximate surface area is 210 Å². The van der Waals surface area contributed by atoms with Crippen molar-refractivity contribution in [1.82, 2.24) is 19.9 Å². The van der Waals surface area contributed by atoms with Crippen molar-refractivity contribution in [2.45, 2.75) is 9.50 Å². The van der Waals surface area contributed by atoms with Crippen LogP contribution in [0.1, 0.15) is 0 Å². The molecule has 0 aliphatic heterocycles. The summed E-state index contributed by atoms with van der Waals surface area (Å²) in [5.74, 6) is 0.0352. The molecule has 12 nitrogen and oxygen atoms in total. The van der Waals surface area contributed by atoms with Crippen LogP contribution in [0.4, 0.5) is 34.6 Å². The van der Waals surface area contributed by atoms with Gasteiger partial charge in [0.15, 0.2) is 4.34 Å². The Hall–Kier alpha value is -4.69. The van der Waals surface area contributed by atoms with E-state index in [9.17, 15) is 20.2 Å². The van der Waals surface area contributed by atoms with E-state index < -0.39 is 9.85 Å². The fourth-order valence-electron chi connectivity index (χ4n) is 3.20. The molecule has 2 heterocycles. The highest BCUT2D eigenvalue weighted by Crippen LogP contribution is 2.35. The smallest absolute Gasteiger partial charge is 0.292 e. The summed E-state index contributed by atoms with van der Waals surface area (Å²) in [6, 6.07) is 19.8. The maximum Gasteiger partial charge on any atom is 0.292 e. The van der Waals surface area contributed by atoms with Crippen molar-refractivity contribution >= 4 is 68.0 Å². The first kappa shape index (κ1) is 23.1. The molecule has 0 saturated heterocycles. The van der Waals surface area contributed by atoms with Gasteiger partial charge in [0.1, 0.15) is 11.4 Å². The first-order valence-corrected chi connectivity index (χ1v) is 11.9. The second-order valence-electron chi connectivity index (χ2n) is 7.11. The molecule has 5 rings (SSSR count). The predicted molar refractivity (Wildman–Crippen MR) is 136 cm³/mol. The molecule has 0 bridgehead atoms. The lowest BCUT2D eigenvalue weighted by Gasteiger charge is -2.10. The van der Waals surface area contributed by atoms with Crippen LogP contribution in [0.3, 0.4) is 0 Å². The fourth-order valence-corrected chi connectivity index (χ4v) is 5.13. The molecular weight excluding hydrogens is 504 g/mol. The van der Waals surface area contributed by atoms with Gasteiger partial charge in [0.05, 0.1) is 20.1 Å². The Morgan fingerprint density at radius 3 is 1.78 bits per heavy atom. The van der Waals surface area contributed by atoms with Gasteiger partial charge in [-0.3, -0.25) is 20.2 Å². The number of hydrogen-bond donors (Lipinski definition) is 2. The topological polar surface area (TPSA) is 162 Å². The molecular formula is C22H14N8O4S2. The van der Waals surface area contributed by atoms with Gasteiger partial charge in [-0.15, -0.1) is 11.3 Å². The SMILES string of the molecule is O=[N+]([O-])c1ccccc1Nc1nc(Nc2ccccc2[N+](=O)[O-])nc(Sc2nc3ccccc3s2)n1. The normalized spacial score (nSPS) is 10.8. The van der Waals surface area contributed by atoms with Crippen LogP contribution in [0.2, 0.25) is 0 Å². The minimum atomic E-state index is -0.521. The quantitative estimate of drug-likeness (QED) is 0.185. The molecule has 0 aliphatic carbocycles. The monoisotopic (exact) mass is 518 g/mol. The maximum absolute atomic E-state index is 11.4. The molecule has 178 valence electrons. The van der Waals surface area contributed by atoms with Crippen molar-refractivity contribution in [2.24, 2.45) is 0 Å². The Kier molecular flexibility index (Phi) is 6.34. The minimum absolute atomic E-state index is 0.0176.